The quantitative estimate of drug-likeness (QED) is 0.722. The Kier molecular flexibility index (Phi) is 4.70. The van der Waals surface area contributed by atoms with Gasteiger partial charge in [0.25, 0.3) is 0 Å². The molecule has 5 nitrogen and oxygen atoms in total. The zero-order chi connectivity index (χ0) is 19.1. The van der Waals surface area contributed by atoms with Gasteiger partial charge in [-0.2, -0.15) is 17.5 Å². The lowest BCUT2D eigenvalue weighted by Gasteiger charge is -2.35. The van der Waals surface area contributed by atoms with E-state index >= 15 is 0 Å². The van der Waals surface area contributed by atoms with E-state index in [0.29, 0.717) is 22.8 Å². The van der Waals surface area contributed by atoms with Crippen molar-refractivity contribution in [3.8, 4) is 17.0 Å². The highest BCUT2D eigenvalue weighted by molar-refractivity contribution is 7.06. The zero-order valence-corrected chi connectivity index (χ0v) is 15.0. The van der Waals surface area contributed by atoms with Gasteiger partial charge in [0.15, 0.2) is 0 Å². The molecule has 140 valence electrons. The lowest BCUT2D eigenvalue weighted by atomic mass is 9.98. The molecule has 0 bridgehead atoms. The van der Waals surface area contributed by atoms with Crippen LogP contribution in [0.5, 0.6) is 5.75 Å². The normalized spacial score (nSPS) is 19.9. The van der Waals surface area contributed by atoms with Gasteiger partial charge in [0, 0.05) is 25.0 Å². The number of hydrogen-bond donors (Lipinski definition) is 0. The van der Waals surface area contributed by atoms with Crippen molar-refractivity contribution < 1.29 is 32.2 Å². The number of halogens is 3. The number of methoxy groups -OCH3 is 1. The first kappa shape index (κ1) is 18.7. The van der Waals surface area contributed by atoms with Gasteiger partial charge in [-0.3, -0.25) is 4.79 Å². The van der Waals surface area contributed by atoms with E-state index in [1.165, 1.54) is 21.0 Å². The van der Waals surface area contributed by atoms with Gasteiger partial charge in [-0.25, -0.2) is 0 Å². The fourth-order valence-electron chi connectivity index (χ4n) is 2.79. The maximum absolute atomic E-state index is 13.5. The molecule has 0 amide bonds. The van der Waals surface area contributed by atoms with Crippen LogP contribution >= 0.6 is 11.5 Å². The fourth-order valence-corrected chi connectivity index (χ4v) is 3.61. The Morgan fingerprint density at radius 1 is 1.27 bits per heavy atom. The molecule has 1 atom stereocenters. The number of hydrogen-bond acceptors (Lipinski definition) is 6. The number of alkyl halides is 3. The topological polar surface area (TPSA) is 57.7 Å². The van der Waals surface area contributed by atoms with Gasteiger partial charge in [-0.15, -0.1) is 0 Å². The lowest BCUT2D eigenvalue weighted by molar-refractivity contribution is -0.260. The van der Waals surface area contributed by atoms with E-state index in [4.69, 9.17) is 14.2 Å². The summed E-state index contributed by atoms with van der Waals surface area (Å²) in [5, 5.41) is 0. The van der Waals surface area contributed by atoms with Gasteiger partial charge in [-0.05, 0) is 35.8 Å². The Hall–Kier alpha value is -2.13. The summed E-state index contributed by atoms with van der Waals surface area (Å²) < 4.78 is 60.3. The molecule has 1 saturated heterocycles. The maximum atomic E-state index is 13.5. The first-order chi connectivity index (χ1) is 12.1. The number of cyclic esters (lactones) is 1. The number of aromatic nitrogens is 1. The second-order valence-corrected chi connectivity index (χ2v) is 6.96. The number of nitrogens with zero attached hydrogens (tertiary/aromatic N) is 1. The highest BCUT2D eigenvalue weighted by Gasteiger charge is 2.44. The molecule has 1 aliphatic rings. The molecule has 0 aliphatic carbocycles. The summed E-state index contributed by atoms with van der Waals surface area (Å²) in [6.45, 7) is 2.97. The molecule has 2 aromatic rings. The molecule has 1 aromatic carbocycles. The number of rotatable bonds is 3. The van der Waals surface area contributed by atoms with Crippen LogP contribution in [0.4, 0.5) is 13.2 Å². The van der Waals surface area contributed by atoms with Crippen molar-refractivity contribution >= 4 is 17.5 Å². The van der Waals surface area contributed by atoms with E-state index in [1.54, 1.807) is 24.3 Å². The molecule has 0 spiro atoms. The van der Waals surface area contributed by atoms with Crippen LogP contribution in [0.15, 0.2) is 24.3 Å². The molecule has 26 heavy (non-hydrogen) atoms. The minimum absolute atomic E-state index is 0.139. The van der Waals surface area contributed by atoms with Crippen molar-refractivity contribution in [1.82, 2.24) is 4.37 Å². The predicted octanol–water partition coefficient (Wildman–Crippen LogP) is 4.58. The van der Waals surface area contributed by atoms with Crippen molar-refractivity contribution in [2.45, 2.75) is 38.3 Å². The molecule has 1 fully saturated rings. The summed E-state index contributed by atoms with van der Waals surface area (Å²) in [6.07, 6.45) is -6.01. The maximum Gasteiger partial charge on any atom is 0.427 e. The number of benzene rings is 1. The van der Waals surface area contributed by atoms with Crippen LogP contribution in [0.2, 0.25) is 0 Å². The van der Waals surface area contributed by atoms with Crippen LogP contribution in [0.25, 0.3) is 11.3 Å². The third-order valence-corrected chi connectivity index (χ3v) is 4.72. The van der Waals surface area contributed by atoms with E-state index in [1.807, 2.05) is 0 Å². The second kappa shape index (κ2) is 6.55. The largest absolute Gasteiger partial charge is 0.497 e. The Morgan fingerprint density at radius 2 is 1.92 bits per heavy atom. The summed E-state index contributed by atoms with van der Waals surface area (Å²) in [5.74, 6) is -1.37. The summed E-state index contributed by atoms with van der Waals surface area (Å²) >= 11 is 0.345. The molecular formula is C17H16F3NO4S. The Morgan fingerprint density at radius 3 is 2.46 bits per heavy atom. The van der Waals surface area contributed by atoms with Crippen molar-refractivity contribution in [1.29, 1.82) is 0 Å². The van der Waals surface area contributed by atoms with Crippen LogP contribution in [0.1, 0.15) is 36.8 Å². The fraction of sp³-hybridized carbons (Fsp3) is 0.412. The Labute approximate surface area is 151 Å². The summed E-state index contributed by atoms with van der Waals surface area (Å²) in [7, 11) is 1.49. The number of ether oxygens (including phenoxy) is 3. The minimum Gasteiger partial charge on any atom is -0.497 e. The van der Waals surface area contributed by atoms with E-state index < -0.39 is 28.9 Å². The predicted molar refractivity (Wildman–Crippen MR) is 87.7 cm³/mol. The molecule has 0 saturated carbocycles. The summed E-state index contributed by atoms with van der Waals surface area (Å²) in [6, 6.07) is 6.49. The van der Waals surface area contributed by atoms with Gasteiger partial charge < -0.3 is 14.2 Å². The first-order valence-electron chi connectivity index (χ1n) is 7.71. The average Bonchev–Trinajstić information content (AvgIpc) is 2.98. The number of esters is 1. The van der Waals surface area contributed by atoms with Crippen LogP contribution in [0.3, 0.4) is 0 Å². The third kappa shape index (κ3) is 3.68. The Bertz CT molecular complexity index is 814. The SMILES string of the molecule is COc1ccc(-c2nsc(C(F)(F)F)c2C2CC(=O)OC(C)(C)O2)cc1. The first-order valence-corrected chi connectivity index (χ1v) is 8.49. The molecule has 0 radical (unpaired) electrons. The van der Waals surface area contributed by atoms with Crippen LogP contribution in [-0.2, 0) is 20.4 Å². The van der Waals surface area contributed by atoms with Crippen molar-refractivity contribution in [3.05, 3.63) is 34.7 Å². The van der Waals surface area contributed by atoms with Gasteiger partial charge in [0.2, 0.25) is 5.79 Å². The monoisotopic (exact) mass is 387 g/mol. The smallest absolute Gasteiger partial charge is 0.427 e. The van der Waals surface area contributed by atoms with Crippen molar-refractivity contribution in [3.63, 3.8) is 0 Å². The molecule has 3 rings (SSSR count). The summed E-state index contributed by atoms with van der Waals surface area (Å²) in [5.41, 5.74) is 0.478. The molecule has 0 N–H and O–H groups in total. The van der Waals surface area contributed by atoms with Gasteiger partial charge in [0.1, 0.15) is 16.7 Å². The van der Waals surface area contributed by atoms with Gasteiger partial charge in [0.05, 0.1) is 19.2 Å². The average molecular weight is 387 g/mol. The highest BCUT2D eigenvalue weighted by atomic mass is 32.1. The molecular weight excluding hydrogens is 371 g/mol. The number of carbonyl (C=O) groups excluding carboxylic acids is 1. The van der Waals surface area contributed by atoms with E-state index in [9.17, 15) is 18.0 Å². The standard InChI is InChI=1S/C17H16F3NO4S/c1-16(2)24-11(8-12(22)25-16)13-14(21-26-15(13)17(18,19)20)9-4-6-10(23-3)7-5-9/h4-7,11H,8H2,1-3H3. The van der Waals surface area contributed by atoms with Crippen LogP contribution < -0.4 is 4.74 Å². The molecule has 9 heteroatoms. The molecule has 1 unspecified atom stereocenters. The van der Waals surface area contributed by atoms with E-state index in [0.717, 1.165) is 0 Å². The zero-order valence-electron chi connectivity index (χ0n) is 14.2. The van der Waals surface area contributed by atoms with Gasteiger partial charge >= 0.3 is 12.1 Å². The summed E-state index contributed by atoms with van der Waals surface area (Å²) in [4.78, 5) is 11.0. The van der Waals surface area contributed by atoms with Gasteiger partial charge in [-0.1, -0.05) is 0 Å². The lowest BCUT2D eigenvalue weighted by Crippen LogP contribution is -2.39. The van der Waals surface area contributed by atoms with Crippen molar-refractivity contribution in [2.75, 3.05) is 7.11 Å². The van der Waals surface area contributed by atoms with Crippen LogP contribution in [0, 0.1) is 0 Å². The highest BCUT2D eigenvalue weighted by Crippen LogP contribution is 2.46. The molecule has 2 heterocycles. The Balaban J connectivity index is 2.11. The van der Waals surface area contributed by atoms with Crippen molar-refractivity contribution in [2.24, 2.45) is 0 Å². The van der Waals surface area contributed by atoms with E-state index in [2.05, 4.69) is 4.37 Å². The van der Waals surface area contributed by atoms with E-state index in [-0.39, 0.29) is 17.7 Å². The third-order valence-electron chi connectivity index (χ3n) is 3.81. The minimum atomic E-state index is -4.60. The molecule has 1 aliphatic heterocycles. The molecule has 1 aromatic heterocycles. The number of carbonyl (C=O) groups is 1. The van der Waals surface area contributed by atoms with Crippen LogP contribution in [-0.4, -0.2) is 23.2 Å². The second-order valence-electron chi connectivity index (χ2n) is 6.18.